The van der Waals surface area contributed by atoms with Gasteiger partial charge in [0, 0.05) is 24.2 Å². The van der Waals surface area contributed by atoms with E-state index in [0.717, 1.165) is 25.7 Å². The molecule has 2 N–H and O–H groups in total. The predicted molar refractivity (Wildman–Crippen MR) is 86.0 cm³/mol. The van der Waals surface area contributed by atoms with Crippen LogP contribution in [-0.2, 0) is 9.59 Å². The van der Waals surface area contributed by atoms with Crippen molar-refractivity contribution in [1.82, 2.24) is 5.32 Å². The van der Waals surface area contributed by atoms with Crippen molar-refractivity contribution in [3.05, 3.63) is 33.9 Å². The van der Waals surface area contributed by atoms with Gasteiger partial charge in [0.1, 0.15) is 6.04 Å². The number of hydrogen-bond donors (Lipinski definition) is 2. The number of benzene rings is 1. The molecule has 0 aliphatic heterocycles. The molecular formula is C16H21N3O4. The number of nitro benzene ring substituents is 1. The van der Waals surface area contributed by atoms with Gasteiger partial charge in [0.05, 0.1) is 4.92 Å². The molecule has 2 amide bonds. The van der Waals surface area contributed by atoms with Crippen LogP contribution in [-0.4, -0.2) is 22.8 Å². The van der Waals surface area contributed by atoms with Gasteiger partial charge >= 0.3 is 0 Å². The van der Waals surface area contributed by atoms with Crippen molar-refractivity contribution < 1.29 is 14.5 Å². The molecule has 1 aliphatic rings. The maximum Gasteiger partial charge on any atom is 0.274 e. The van der Waals surface area contributed by atoms with Gasteiger partial charge in [0.15, 0.2) is 0 Å². The number of anilines is 1. The minimum atomic E-state index is -0.602. The molecule has 2 rings (SSSR count). The Balaban J connectivity index is 2.16. The van der Waals surface area contributed by atoms with Crippen molar-refractivity contribution in [3.63, 3.8) is 0 Å². The number of carbonyl (C=O) groups is 2. The molecule has 0 radical (unpaired) electrons. The SMILES string of the molecule is CC(=O)NC(C(=O)Nc1ccc(C)c([N+](=O)[O-])c1)C1CCCC1. The number of nitrogens with one attached hydrogen (secondary N) is 2. The summed E-state index contributed by atoms with van der Waals surface area (Å²) in [6, 6.07) is 3.96. The summed E-state index contributed by atoms with van der Waals surface area (Å²) in [4.78, 5) is 34.4. The van der Waals surface area contributed by atoms with Crippen LogP contribution in [0.2, 0.25) is 0 Å². The van der Waals surface area contributed by atoms with Gasteiger partial charge in [-0.25, -0.2) is 0 Å². The maximum atomic E-state index is 12.5. The van der Waals surface area contributed by atoms with Gasteiger partial charge in [0.25, 0.3) is 5.69 Å². The van der Waals surface area contributed by atoms with E-state index in [1.165, 1.54) is 13.0 Å². The van der Waals surface area contributed by atoms with Gasteiger partial charge in [-0.15, -0.1) is 0 Å². The van der Waals surface area contributed by atoms with E-state index >= 15 is 0 Å². The lowest BCUT2D eigenvalue weighted by atomic mass is 9.97. The van der Waals surface area contributed by atoms with Crippen LogP contribution in [0, 0.1) is 23.0 Å². The second kappa shape index (κ2) is 7.21. The van der Waals surface area contributed by atoms with Crippen molar-refractivity contribution >= 4 is 23.2 Å². The Hall–Kier alpha value is -2.44. The van der Waals surface area contributed by atoms with Gasteiger partial charge in [-0.3, -0.25) is 19.7 Å². The zero-order valence-electron chi connectivity index (χ0n) is 13.3. The van der Waals surface area contributed by atoms with Crippen LogP contribution in [0.15, 0.2) is 18.2 Å². The molecule has 1 aliphatic carbocycles. The third kappa shape index (κ3) is 4.28. The number of hydrogen-bond acceptors (Lipinski definition) is 4. The van der Waals surface area contributed by atoms with Gasteiger partial charge in [-0.05, 0) is 31.7 Å². The average molecular weight is 319 g/mol. The molecule has 124 valence electrons. The van der Waals surface area contributed by atoms with E-state index in [0.29, 0.717) is 11.3 Å². The fourth-order valence-corrected chi connectivity index (χ4v) is 3.01. The van der Waals surface area contributed by atoms with Crippen molar-refractivity contribution in [2.45, 2.75) is 45.6 Å². The number of amides is 2. The lowest BCUT2D eigenvalue weighted by Gasteiger charge is -2.23. The highest BCUT2D eigenvalue weighted by molar-refractivity contribution is 5.97. The minimum absolute atomic E-state index is 0.0419. The van der Waals surface area contributed by atoms with Crippen LogP contribution in [0.3, 0.4) is 0 Å². The molecule has 0 heterocycles. The molecule has 1 aromatic rings. The van der Waals surface area contributed by atoms with Crippen LogP contribution in [0.5, 0.6) is 0 Å². The Labute approximate surface area is 134 Å². The summed E-state index contributed by atoms with van der Waals surface area (Å²) in [5.74, 6) is -0.475. The molecule has 1 aromatic carbocycles. The Morgan fingerprint density at radius 3 is 2.52 bits per heavy atom. The highest BCUT2D eigenvalue weighted by Crippen LogP contribution is 2.29. The zero-order chi connectivity index (χ0) is 17.0. The molecule has 1 atom stereocenters. The van der Waals surface area contributed by atoms with Crippen LogP contribution >= 0.6 is 0 Å². The summed E-state index contributed by atoms with van der Waals surface area (Å²) in [5.41, 5.74) is 0.850. The monoisotopic (exact) mass is 319 g/mol. The van der Waals surface area contributed by atoms with Crippen molar-refractivity contribution in [3.8, 4) is 0 Å². The lowest BCUT2D eigenvalue weighted by Crippen LogP contribution is -2.47. The standard InChI is InChI=1S/C16H21N3O4/c1-10-7-8-13(9-14(10)19(22)23)18-16(21)15(17-11(2)20)12-5-3-4-6-12/h7-9,12,15H,3-6H2,1-2H3,(H,17,20)(H,18,21). The van der Waals surface area contributed by atoms with Crippen LogP contribution in [0.1, 0.15) is 38.2 Å². The van der Waals surface area contributed by atoms with Gasteiger partial charge in [0.2, 0.25) is 11.8 Å². The summed E-state index contributed by atoms with van der Waals surface area (Å²) in [6.45, 7) is 3.02. The van der Waals surface area contributed by atoms with Crippen molar-refractivity contribution in [1.29, 1.82) is 0 Å². The second-order valence-electron chi connectivity index (χ2n) is 5.97. The summed E-state index contributed by atoms with van der Waals surface area (Å²) >= 11 is 0. The van der Waals surface area contributed by atoms with E-state index in [4.69, 9.17) is 0 Å². The number of rotatable bonds is 5. The molecule has 1 fully saturated rings. The second-order valence-corrected chi connectivity index (χ2v) is 5.97. The summed E-state index contributed by atoms with van der Waals surface area (Å²) in [6.07, 6.45) is 3.88. The molecule has 7 heteroatoms. The van der Waals surface area contributed by atoms with Crippen LogP contribution in [0.4, 0.5) is 11.4 Å². The largest absolute Gasteiger partial charge is 0.344 e. The van der Waals surface area contributed by atoms with E-state index in [1.807, 2.05) is 0 Å². The Morgan fingerprint density at radius 2 is 1.96 bits per heavy atom. The lowest BCUT2D eigenvalue weighted by molar-refractivity contribution is -0.385. The fourth-order valence-electron chi connectivity index (χ4n) is 3.01. The molecule has 23 heavy (non-hydrogen) atoms. The Kier molecular flexibility index (Phi) is 5.31. The normalized spacial score (nSPS) is 15.9. The van der Waals surface area contributed by atoms with Crippen molar-refractivity contribution in [2.24, 2.45) is 5.92 Å². The number of nitro groups is 1. The summed E-state index contributed by atoms with van der Waals surface area (Å²) in [7, 11) is 0. The van der Waals surface area contributed by atoms with E-state index in [2.05, 4.69) is 10.6 Å². The van der Waals surface area contributed by atoms with E-state index in [-0.39, 0.29) is 23.4 Å². The van der Waals surface area contributed by atoms with E-state index < -0.39 is 11.0 Å². The molecular weight excluding hydrogens is 298 g/mol. The average Bonchev–Trinajstić information content (AvgIpc) is 3.00. The molecule has 0 aromatic heterocycles. The molecule has 0 bridgehead atoms. The first-order valence-corrected chi connectivity index (χ1v) is 7.71. The summed E-state index contributed by atoms with van der Waals surface area (Å²) in [5, 5.41) is 16.4. The van der Waals surface area contributed by atoms with Crippen LogP contribution in [0.25, 0.3) is 0 Å². The molecule has 1 unspecified atom stereocenters. The molecule has 0 spiro atoms. The highest BCUT2D eigenvalue weighted by atomic mass is 16.6. The quantitative estimate of drug-likeness (QED) is 0.643. The fraction of sp³-hybridized carbons (Fsp3) is 0.500. The third-order valence-corrected chi connectivity index (χ3v) is 4.19. The van der Waals surface area contributed by atoms with E-state index in [1.54, 1.807) is 19.1 Å². The minimum Gasteiger partial charge on any atom is -0.344 e. The topological polar surface area (TPSA) is 101 Å². The number of nitrogens with zero attached hydrogens (tertiary/aromatic N) is 1. The molecule has 1 saturated carbocycles. The smallest absolute Gasteiger partial charge is 0.274 e. The predicted octanol–water partition coefficient (Wildman–Crippen LogP) is 2.54. The zero-order valence-corrected chi connectivity index (χ0v) is 13.3. The number of aryl methyl sites for hydroxylation is 1. The first kappa shape index (κ1) is 16.9. The maximum absolute atomic E-state index is 12.5. The number of carbonyl (C=O) groups excluding carboxylic acids is 2. The molecule has 7 nitrogen and oxygen atoms in total. The molecule has 0 saturated heterocycles. The first-order valence-electron chi connectivity index (χ1n) is 7.71. The van der Waals surface area contributed by atoms with Gasteiger partial charge in [-0.1, -0.05) is 18.9 Å². The third-order valence-electron chi connectivity index (χ3n) is 4.19. The van der Waals surface area contributed by atoms with E-state index in [9.17, 15) is 19.7 Å². The Bertz CT molecular complexity index is 624. The van der Waals surface area contributed by atoms with Crippen molar-refractivity contribution in [2.75, 3.05) is 5.32 Å². The Morgan fingerprint density at radius 1 is 1.30 bits per heavy atom. The van der Waals surface area contributed by atoms with Gasteiger partial charge in [-0.2, -0.15) is 0 Å². The van der Waals surface area contributed by atoms with Gasteiger partial charge < -0.3 is 10.6 Å². The highest BCUT2D eigenvalue weighted by Gasteiger charge is 2.31. The van der Waals surface area contributed by atoms with Crippen LogP contribution < -0.4 is 10.6 Å². The first-order chi connectivity index (χ1) is 10.9. The summed E-state index contributed by atoms with van der Waals surface area (Å²) < 4.78 is 0.